The van der Waals surface area contributed by atoms with Gasteiger partial charge < -0.3 is 10.1 Å². The molecule has 1 heterocycles. The zero-order chi connectivity index (χ0) is 13.7. The number of hydrogen-bond acceptors (Lipinski definition) is 3. The zero-order valence-corrected chi connectivity index (χ0v) is 13.1. The van der Waals surface area contributed by atoms with Gasteiger partial charge in [0.2, 0.25) is 0 Å². The maximum absolute atomic E-state index is 5.29. The van der Waals surface area contributed by atoms with Gasteiger partial charge in [0, 0.05) is 45.4 Å². The predicted molar refractivity (Wildman–Crippen MR) is 80.5 cm³/mol. The molecule has 3 heteroatoms. The van der Waals surface area contributed by atoms with E-state index in [1.807, 2.05) is 7.11 Å². The number of hydrogen-bond donors (Lipinski definition) is 1. The minimum atomic E-state index is 0.595. The molecule has 112 valence electrons. The summed E-state index contributed by atoms with van der Waals surface area (Å²) in [5.41, 5.74) is 0.595. The number of piperazine rings is 1. The van der Waals surface area contributed by atoms with Crippen LogP contribution in [0.25, 0.3) is 0 Å². The highest BCUT2D eigenvalue weighted by atomic mass is 16.5. The predicted octanol–water partition coefficient (Wildman–Crippen LogP) is 2.66. The quantitative estimate of drug-likeness (QED) is 0.732. The van der Waals surface area contributed by atoms with Crippen molar-refractivity contribution in [3.63, 3.8) is 0 Å². The lowest BCUT2D eigenvalue weighted by atomic mass is 9.97. The first-order chi connectivity index (χ1) is 9.23. The van der Waals surface area contributed by atoms with Crippen molar-refractivity contribution < 1.29 is 4.74 Å². The van der Waals surface area contributed by atoms with Crippen LogP contribution in [0.4, 0.5) is 0 Å². The van der Waals surface area contributed by atoms with Crippen LogP contribution in [-0.4, -0.2) is 50.3 Å². The van der Waals surface area contributed by atoms with Crippen LogP contribution in [0.5, 0.6) is 0 Å². The first-order valence-electron chi connectivity index (χ1n) is 8.19. The smallest absolute Gasteiger partial charge is 0.0468 e. The van der Waals surface area contributed by atoms with Gasteiger partial charge in [-0.05, 0) is 37.5 Å². The van der Waals surface area contributed by atoms with Crippen LogP contribution in [0.1, 0.15) is 52.4 Å². The summed E-state index contributed by atoms with van der Waals surface area (Å²) in [5, 5.41) is 3.73. The molecule has 2 fully saturated rings. The Morgan fingerprint density at radius 1 is 1.32 bits per heavy atom. The van der Waals surface area contributed by atoms with Gasteiger partial charge in [-0.25, -0.2) is 0 Å². The van der Waals surface area contributed by atoms with Gasteiger partial charge in [-0.3, -0.25) is 4.90 Å². The minimum absolute atomic E-state index is 0.595. The van der Waals surface area contributed by atoms with E-state index in [0.717, 1.165) is 12.6 Å². The fraction of sp³-hybridized carbons (Fsp3) is 1.00. The molecule has 0 spiro atoms. The third-order valence-electron chi connectivity index (χ3n) is 5.05. The van der Waals surface area contributed by atoms with Crippen molar-refractivity contribution in [2.24, 2.45) is 5.41 Å². The first-order valence-corrected chi connectivity index (χ1v) is 8.19. The van der Waals surface area contributed by atoms with Crippen molar-refractivity contribution in [2.45, 2.75) is 64.5 Å². The number of methoxy groups -OCH3 is 1. The summed E-state index contributed by atoms with van der Waals surface area (Å²) in [4.78, 5) is 2.78. The Balaban J connectivity index is 1.87. The van der Waals surface area contributed by atoms with Crippen LogP contribution in [0.2, 0.25) is 0 Å². The molecule has 1 aliphatic heterocycles. The van der Waals surface area contributed by atoms with Crippen molar-refractivity contribution in [1.29, 1.82) is 0 Å². The normalized spacial score (nSPS) is 30.5. The van der Waals surface area contributed by atoms with E-state index in [2.05, 4.69) is 24.1 Å². The molecular weight excluding hydrogens is 236 g/mol. The van der Waals surface area contributed by atoms with E-state index in [1.165, 1.54) is 58.2 Å². The van der Waals surface area contributed by atoms with E-state index in [0.29, 0.717) is 11.5 Å². The topological polar surface area (TPSA) is 24.5 Å². The Morgan fingerprint density at radius 3 is 2.68 bits per heavy atom. The molecule has 2 unspecified atom stereocenters. The van der Waals surface area contributed by atoms with E-state index < -0.39 is 0 Å². The first kappa shape index (κ1) is 15.3. The van der Waals surface area contributed by atoms with Crippen LogP contribution in [-0.2, 0) is 4.74 Å². The molecule has 2 rings (SSSR count). The Bertz CT molecular complexity index is 265. The molecule has 2 atom stereocenters. The summed E-state index contributed by atoms with van der Waals surface area (Å²) in [5.74, 6) is 0. The van der Waals surface area contributed by atoms with Gasteiger partial charge in [0.15, 0.2) is 0 Å². The summed E-state index contributed by atoms with van der Waals surface area (Å²) in [6.07, 6.45) is 7.95. The fourth-order valence-electron chi connectivity index (χ4n) is 3.48. The highest BCUT2D eigenvalue weighted by Gasteiger charge is 2.44. The number of ether oxygens (including phenoxy) is 1. The number of rotatable bonds is 8. The van der Waals surface area contributed by atoms with Crippen LogP contribution in [0, 0.1) is 5.41 Å². The van der Waals surface area contributed by atoms with E-state index in [4.69, 9.17) is 4.74 Å². The van der Waals surface area contributed by atoms with Crippen molar-refractivity contribution in [3.8, 4) is 0 Å². The third-order valence-corrected chi connectivity index (χ3v) is 5.05. The van der Waals surface area contributed by atoms with E-state index in [-0.39, 0.29) is 0 Å². The molecule has 1 saturated heterocycles. The summed E-state index contributed by atoms with van der Waals surface area (Å²) in [6.45, 7) is 9.29. The molecule has 0 aromatic heterocycles. The molecule has 1 saturated carbocycles. The summed E-state index contributed by atoms with van der Waals surface area (Å²) in [7, 11) is 1.83. The molecule has 0 aromatic carbocycles. The molecule has 1 aliphatic carbocycles. The summed E-state index contributed by atoms with van der Waals surface area (Å²) in [6, 6.07) is 1.46. The molecule has 0 radical (unpaired) electrons. The van der Waals surface area contributed by atoms with Crippen molar-refractivity contribution in [1.82, 2.24) is 10.2 Å². The van der Waals surface area contributed by atoms with E-state index in [1.54, 1.807) is 0 Å². The largest absolute Gasteiger partial charge is 0.385 e. The Hall–Kier alpha value is -0.120. The minimum Gasteiger partial charge on any atom is -0.385 e. The number of nitrogens with zero attached hydrogens (tertiary/aromatic N) is 1. The molecule has 2 aliphatic rings. The Morgan fingerprint density at radius 2 is 2.11 bits per heavy atom. The third kappa shape index (κ3) is 4.17. The SMILES string of the molecule is CCCC1CN(CC2(CCOC)CC2)C(CC)CN1. The lowest BCUT2D eigenvalue weighted by Gasteiger charge is -2.42. The monoisotopic (exact) mass is 268 g/mol. The van der Waals surface area contributed by atoms with Gasteiger partial charge >= 0.3 is 0 Å². The van der Waals surface area contributed by atoms with Gasteiger partial charge in [0.1, 0.15) is 0 Å². The second-order valence-electron chi connectivity index (χ2n) is 6.63. The lowest BCUT2D eigenvalue weighted by molar-refractivity contribution is 0.0842. The highest BCUT2D eigenvalue weighted by Crippen LogP contribution is 2.49. The van der Waals surface area contributed by atoms with Gasteiger partial charge in [0.25, 0.3) is 0 Å². The second kappa shape index (κ2) is 7.05. The van der Waals surface area contributed by atoms with Crippen molar-refractivity contribution in [2.75, 3.05) is 33.4 Å². The van der Waals surface area contributed by atoms with Gasteiger partial charge in [-0.1, -0.05) is 20.3 Å². The molecule has 0 aromatic rings. The number of nitrogens with one attached hydrogen (secondary N) is 1. The molecule has 0 bridgehead atoms. The van der Waals surface area contributed by atoms with Crippen LogP contribution < -0.4 is 5.32 Å². The standard InChI is InChI=1S/C16H32N2O/c1-4-6-14-12-18(15(5-2)11-17-14)13-16(7-8-16)9-10-19-3/h14-15,17H,4-13H2,1-3H3. The van der Waals surface area contributed by atoms with Crippen LogP contribution in [0.3, 0.4) is 0 Å². The fourth-order valence-corrected chi connectivity index (χ4v) is 3.48. The Kier molecular flexibility index (Phi) is 5.67. The zero-order valence-electron chi connectivity index (χ0n) is 13.1. The highest BCUT2D eigenvalue weighted by molar-refractivity contribution is 4.98. The summed E-state index contributed by atoms with van der Waals surface area (Å²) >= 11 is 0. The van der Waals surface area contributed by atoms with E-state index >= 15 is 0 Å². The maximum atomic E-state index is 5.29. The molecule has 0 amide bonds. The average molecular weight is 268 g/mol. The van der Waals surface area contributed by atoms with Crippen LogP contribution in [0.15, 0.2) is 0 Å². The molecule has 1 N–H and O–H groups in total. The molecule has 3 nitrogen and oxygen atoms in total. The Labute approximate surface area is 119 Å². The molecular formula is C16H32N2O. The van der Waals surface area contributed by atoms with Crippen molar-refractivity contribution in [3.05, 3.63) is 0 Å². The van der Waals surface area contributed by atoms with Gasteiger partial charge in [-0.15, -0.1) is 0 Å². The second-order valence-corrected chi connectivity index (χ2v) is 6.63. The van der Waals surface area contributed by atoms with Gasteiger partial charge in [-0.2, -0.15) is 0 Å². The summed E-state index contributed by atoms with van der Waals surface area (Å²) < 4.78 is 5.29. The maximum Gasteiger partial charge on any atom is 0.0468 e. The molecule has 19 heavy (non-hydrogen) atoms. The lowest BCUT2D eigenvalue weighted by Crippen LogP contribution is -2.57. The van der Waals surface area contributed by atoms with Crippen molar-refractivity contribution >= 4 is 0 Å². The van der Waals surface area contributed by atoms with E-state index in [9.17, 15) is 0 Å². The van der Waals surface area contributed by atoms with Crippen LogP contribution >= 0.6 is 0 Å². The average Bonchev–Trinajstić information content (AvgIpc) is 3.17. The van der Waals surface area contributed by atoms with Gasteiger partial charge in [0.05, 0.1) is 0 Å².